The summed E-state index contributed by atoms with van der Waals surface area (Å²) in [6.07, 6.45) is 1.71. The van der Waals surface area contributed by atoms with Gasteiger partial charge in [-0.2, -0.15) is 0 Å². The number of nitrogens with zero attached hydrogens (tertiary/aromatic N) is 1. The lowest BCUT2D eigenvalue weighted by Crippen LogP contribution is -2.31. The number of nitrogens with one attached hydrogen (secondary N) is 1. The predicted molar refractivity (Wildman–Crippen MR) is 76.4 cm³/mol. The lowest BCUT2D eigenvalue weighted by atomic mass is 10.0. The molecule has 1 aromatic carbocycles. The summed E-state index contributed by atoms with van der Waals surface area (Å²) in [5.74, 6) is -1.17. The fraction of sp³-hybridized carbons (Fsp3) is 0.467. The van der Waals surface area contributed by atoms with E-state index >= 15 is 0 Å². The molecule has 1 saturated heterocycles. The van der Waals surface area contributed by atoms with Crippen molar-refractivity contribution in [1.29, 1.82) is 0 Å². The molecule has 0 bridgehead atoms. The van der Waals surface area contributed by atoms with Crippen LogP contribution in [0.15, 0.2) is 24.3 Å². The summed E-state index contributed by atoms with van der Waals surface area (Å²) in [7, 11) is 0. The third-order valence-corrected chi connectivity index (χ3v) is 3.65. The molecule has 1 atom stereocenters. The first-order valence-electron chi connectivity index (χ1n) is 7.03. The number of aliphatic carboxylic acids is 1. The zero-order valence-electron chi connectivity index (χ0n) is 11.7. The van der Waals surface area contributed by atoms with Gasteiger partial charge in [-0.15, -0.1) is 0 Å². The minimum Gasteiger partial charge on any atom is -0.481 e. The molecule has 6 heteroatoms. The van der Waals surface area contributed by atoms with E-state index in [2.05, 4.69) is 5.32 Å². The van der Waals surface area contributed by atoms with Gasteiger partial charge >= 0.3 is 5.97 Å². The van der Waals surface area contributed by atoms with E-state index in [-0.39, 0.29) is 24.6 Å². The van der Waals surface area contributed by atoms with E-state index in [1.807, 2.05) is 4.90 Å². The molecule has 5 nitrogen and oxygen atoms in total. The number of para-hydroxylation sites is 1. The Bertz CT molecular complexity index is 521. The highest BCUT2D eigenvalue weighted by molar-refractivity contribution is 5.92. The van der Waals surface area contributed by atoms with E-state index < -0.39 is 11.8 Å². The molecule has 1 aliphatic rings. The van der Waals surface area contributed by atoms with Crippen molar-refractivity contribution in [1.82, 2.24) is 4.90 Å². The second-order valence-electron chi connectivity index (χ2n) is 5.35. The van der Waals surface area contributed by atoms with Gasteiger partial charge in [-0.1, -0.05) is 12.1 Å². The van der Waals surface area contributed by atoms with Crippen LogP contribution in [0.1, 0.15) is 19.3 Å². The van der Waals surface area contributed by atoms with Crippen LogP contribution in [-0.2, 0) is 9.59 Å². The molecule has 0 aliphatic carbocycles. The average Bonchev–Trinajstić information content (AvgIpc) is 2.86. The highest BCUT2D eigenvalue weighted by atomic mass is 19.1. The standard InChI is InChI=1S/C15H19FN2O3/c16-12-3-1-2-4-13(12)17-14(19)10-18-8-7-11(9-18)5-6-15(20)21/h1-4,11H,5-10H2,(H,17,19)(H,20,21). The summed E-state index contributed by atoms with van der Waals surface area (Å²) >= 11 is 0. The maximum absolute atomic E-state index is 13.4. The third kappa shape index (κ3) is 4.82. The number of carbonyl (C=O) groups excluding carboxylic acids is 1. The molecule has 1 fully saturated rings. The second-order valence-corrected chi connectivity index (χ2v) is 5.35. The molecule has 0 spiro atoms. The van der Waals surface area contributed by atoms with Gasteiger partial charge in [0.15, 0.2) is 0 Å². The van der Waals surface area contributed by atoms with Gasteiger partial charge in [-0.05, 0) is 37.4 Å². The summed E-state index contributed by atoms with van der Waals surface area (Å²) in [6, 6.07) is 6.05. The number of amides is 1. The molecular weight excluding hydrogens is 275 g/mol. The first-order valence-corrected chi connectivity index (χ1v) is 7.03. The number of halogens is 1. The van der Waals surface area contributed by atoms with Crippen molar-refractivity contribution in [3.63, 3.8) is 0 Å². The molecular formula is C15H19FN2O3. The molecule has 1 heterocycles. The van der Waals surface area contributed by atoms with Crippen LogP contribution in [0.5, 0.6) is 0 Å². The molecule has 0 radical (unpaired) electrons. The van der Waals surface area contributed by atoms with E-state index in [4.69, 9.17) is 5.11 Å². The number of carbonyl (C=O) groups is 2. The third-order valence-electron chi connectivity index (χ3n) is 3.65. The fourth-order valence-corrected chi connectivity index (χ4v) is 2.58. The van der Waals surface area contributed by atoms with Gasteiger partial charge in [-0.3, -0.25) is 14.5 Å². The van der Waals surface area contributed by atoms with Gasteiger partial charge in [0.1, 0.15) is 5.82 Å². The van der Waals surface area contributed by atoms with Gasteiger partial charge in [0.2, 0.25) is 5.91 Å². The van der Waals surface area contributed by atoms with Gasteiger partial charge in [0.25, 0.3) is 0 Å². The summed E-state index contributed by atoms with van der Waals surface area (Å²) in [6.45, 7) is 1.70. The normalized spacial score (nSPS) is 18.6. The first-order chi connectivity index (χ1) is 10.0. The number of benzene rings is 1. The van der Waals surface area contributed by atoms with Gasteiger partial charge in [-0.25, -0.2) is 4.39 Å². The van der Waals surface area contributed by atoms with E-state index in [1.165, 1.54) is 12.1 Å². The van der Waals surface area contributed by atoms with E-state index in [1.54, 1.807) is 12.1 Å². The summed E-state index contributed by atoms with van der Waals surface area (Å²) in [5, 5.41) is 11.2. The number of carboxylic acid groups (broad SMARTS) is 1. The lowest BCUT2D eigenvalue weighted by molar-refractivity contribution is -0.137. The predicted octanol–water partition coefficient (Wildman–Crippen LogP) is 1.95. The van der Waals surface area contributed by atoms with Crippen molar-refractivity contribution in [2.75, 3.05) is 25.0 Å². The Balaban J connectivity index is 1.76. The lowest BCUT2D eigenvalue weighted by Gasteiger charge is -2.15. The zero-order valence-corrected chi connectivity index (χ0v) is 11.7. The monoisotopic (exact) mass is 294 g/mol. The van der Waals surface area contributed by atoms with Gasteiger partial charge in [0.05, 0.1) is 12.2 Å². The molecule has 114 valence electrons. The number of anilines is 1. The van der Waals surface area contributed by atoms with Crippen molar-refractivity contribution in [3.05, 3.63) is 30.1 Å². The minimum absolute atomic E-state index is 0.167. The summed E-state index contributed by atoms with van der Waals surface area (Å²) in [4.78, 5) is 24.4. The highest BCUT2D eigenvalue weighted by Crippen LogP contribution is 2.21. The number of likely N-dealkylation sites (tertiary alicyclic amines) is 1. The maximum atomic E-state index is 13.4. The smallest absolute Gasteiger partial charge is 0.303 e. The maximum Gasteiger partial charge on any atom is 0.303 e. The van der Waals surface area contributed by atoms with Crippen molar-refractivity contribution in [3.8, 4) is 0 Å². The van der Waals surface area contributed by atoms with Crippen molar-refractivity contribution >= 4 is 17.6 Å². The van der Waals surface area contributed by atoms with Crippen LogP contribution < -0.4 is 5.32 Å². The van der Waals surface area contributed by atoms with Crippen LogP contribution in [0, 0.1) is 11.7 Å². The Labute approximate surface area is 122 Å². The molecule has 0 saturated carbocycles. The van der Waals surface area contributed by atoms with Crippen molar-refractivity contribution in [2.45, 2.75) is 19.3 Å². The van der Waals surface area contributed by atoms with Crippen molar-refractivity contribution in [2.24, 2.45) is 5.92 Å². The van der Waals surface area contributed by atoms with Crippen LogP contribution in [0.2, 0.25) is 0 Å². The SMILES string of the molecule is O=C(O)CCC1CCN(CC(=O)Nc2ccccc2F)C1. The largest absolute Gasteiger partial charge is 0.481 e. The van der Waals surface area contributed by atoms with Crippen LogP contribution >= 0.6 is 0 Å². The van der Waals surface area contributed by atoms with E-state index in [0.717, 1.165) is 19.5 Å². The Kier molecular flexibility index (Phi) is 5.27. The zero-order chi connectivity index (χ0) is 15.2. The van der Waals surface area contributed by atoms with Gasteiger partial charge in [0, 0.05) is 13.0 Å². The second kappa shape index (κ2) is 7.17. The first kappa shape index (κ1) is 15.4. The summed E-state index contributed by atoms with van der Waals surface area (Å²) in [5.41, 5.74) is 0.184. The fourth-order valence-electron chi connectivity index (χ4n) is 2.58. The molecule has 0 aromatic heterocycles. The number of rotatable bonds is 6. The van der Waals surface area contributed by atoms with E-state index in [9.17, 15) is 14.0 Å². The van der Waals surface area contributed by atoms with Crippen molar-refractivity contribution < 1.29 is 19.1 Å². The Hall–Kier alpha value is -1.95. The molecule has 1 unspecified atom stereocenters. The Morgan fingerprint density at radius 1 is 1.38 bits per heavy atom. The minimum atomic E-state index is -0.786. The van der Waals surface area contributed by atoms with Crippen LogP contribution in [-0.4, -0.2) is 41.5 Å². The topological polar surface area (TPSA) is 69.6 Å². The Morgan fingerprint density at radius 2 is 2.14 bits per heavy atom. The molecule has 1 amide bonds. The van der Waals surface area contributed by atoms with E-state index in [0.29, 0.717) is 12.3 Å². The molecule has 2 N–H and O–H groups in total. The Morgan fingerprint density at radius 3 is 2.86 bits per heavy atom. The van der Waals surface area contributed by atoms with Crippen LogP contribution in [0.3, 0.4) is 0 Å². The highest BCUT2D eigenvalue weighted by Gasteiger charge is 2.24. The quantitative estimate of drug-likeness (QED) is 0.841. The van der Waals surface area contributed by atoms with Crippen LogP contribution in [0.25, 0.3) is 0 Å². The molecule has 1 aliphatic heterocycles. The molecule has 21 heavy (non-hydrogen) atoms. The number of hydrogen-bond donors (Lipinski definition) is 2. The summed E-state index contributed by atoms with van der Waals surface area (Å²) < 4.78 is 13.4. The van der Waals surface area contributed by atoms with Gasteiger partial charge < -0.3 is 10.4 Å². The number of hydrogen-bond acceptors (Lipinski definition) is 3. The molecule has 1 aromatic rings. The van der Waals surface area contributed by atoms with Crippen LogP contribution in [0.4, 0.5) is 10.1 Å². The number of carboxylic acids is 1. The molecule has 2 rings (SSSR count). The average molecular weight is 294 g/mol.